The van der Waals surface area contributed by atoms with Gasteiger partial charge in [0, 0.05) is 12.8 Å². The lowest BCUT2D eigenvalue weighted by Gasteiger charge is -2.20. The summed E-state index contributed by atoms with van der Waals surface area (Å²) in [5, 5.41) is 23.1. The third-order valence-corrected chi connectivity index (χ3v) is 14.7. The maximum absolute atomic E-state index is 12.4. The van der Waals surface area contributed by atoms with Crippen LogP contribution in [0.1, 0.15) is 348 Å². The molecule has 70 heavy (non-hydrogen) atoms. The zero-order valence-electron chi connectivity index (χ0n) is 47.3. The van der Waals surface area contributed by atoms with Crippen LogP contribution in [0.4, 0.5) is 0 Å². The predicted octanol–water partition coefficient (Wildman–Crippen LogP) is 19.8. The summed E-state index contributed by atoms with van der Waals surface area (Å²) >= 11 is 0. The van der Waals surface area contributed by atoms with E-state index in [9.17, 15) is 19.8 Å². The van der Waals surface area contributed by atoms with Crippen molar-refractivity contribution >= 4 is 11.9 Å². The normalized spacial score (nSPS) is 12.7. The van der Waals surface area contributed by atoms with Crippen molar-refractivity contribution in [1.29, 1.82) is 0 Å². The standard InChI is InChI=1S/C64H123NO5/c1-3-5-7-9-11-13-15-17-18-27-31-34-38-42-46-50-54-58-64(69)70-59-55-51-47-43-39-35-32-29-26-24-22-20-19-21-23-25-28-30-33-37-41-45-49-53-57-63(68)65-61(60-66)62(67)56-52-48-44-40-36-16-14-12-10-8-6-4-2/h17-18,52,56,61-62,66-67H,3-16,19-51,53-55,57-60H2,1-2H3,(H,65,68)/b18-17-,56-52+. The molecule has 0 aliphatic heterocycles. The molecule has 0 radical (unpaired) electrons. The van der Waals surface area contributed by atoms with E-state index in [1.807, 2.05) is 6.08 Å². The van der Waals surface area contributed by atoms with Gasteiger partial charge in [0.15, 0.2) is 0 Å². The number of hydrogen-bond acceptors (Lipinski definition) is 5. The van der Waals surface area contributed by atoms with E-state index in [4.69, 9.17) is 4.74 Å². The number of nitrogens with one attached hydrogen (secondary N) is 1. The average Bonchev–Trinajstić information content (AvgIpc) is 3.36. The molecule has 0 aromatic heterocycles. The van der Waals surface area contributed by atoms with Gasteiger partial charge in [0.25, 0.3) is 0 Å². The maximum Gasteiger partial charge on any atom is 0.305 e. The Bertz CT molecular complexity index is 1090. The van der Waals surface area contributed by atoms with E-state index in [0.717, 1.165) is 44.9 Å². The van der Waals surface area contributed by atoms with Crippen LogP contribution in [0.15, 0.2) is 24.3 Å². The van der Waals surface area contributed by atoms with Gasteiger partial charge in [-0.3, -0.25) is 9.59 Å². The molecular formula is C64H123NO5. The molecule has 0 saturated heterocycles. The van der Waals surface area contributed by atoms with Crippen LogP contribution in [0.5, 0.6) is 0 Å². The molecule has 0 bridgehead atoms. The second-order valence-electron chi connectivity index (χ2n) is 21.7. The van der Waals surface area contributed by atoms with Crippen molar-refractivity contribution in [3.8, 4) is 0 Å². The molecule has 0 aliphatic carbocycles. The zero-order valence-corrected chi connectivity index (χ0v) is 47.3. The lowest BCUT2D eigenvalue weighted by molar-refractivity contribution is -0.143. The van der Waals surface area contributed by atoms with Crippen LogP contribution in [0.2, 0.25) is 0 Å². The highest BCUT2D eigenvalue weighted by Gasteiger charge is 2.18. The molecule has 1 amide bonds. The van der Waals surface area contributed by atoms with Gasteiger partial charge >= 0.3 is 5.97 Å². The van der Waals surface area contributed by atoms with Gasteiger partial charge in [0.2, 0.25) is 5.91 Å². The van der Waals surface area contributed by atoms with Crippen LogP contribution in [0.25, 0.3) is 0 Å². The summed E-state index contributed by atoms with van der Waals surface area (Å²) < 4.78 is 5.50. The molecule has 0 heterocycles. The molecule has 0 aromatic rings. The first-order valence-corrected chi connectivity index (χ1v) is 31.6. The van der Waals surface area contributed by atoms with Crippen molar-refractivity contribution < 1.29 is 24.5 Å². The molecule has 0 fully saturated rings. The van der Waals surface area contributed by atoms with Crippen LogP contribution in [-0.2, 0) is 14.3 Å². The summed E-state index contributed by atoms with van der Waals surface area (Å²) in [7, 11) is 0. The number of allylic oxidation sites excluding steroid dienone is 3. The largest absolute Gasteiger partial charge is 0.466 e. The molecule has 0 aliphatic rings. The van der Waals surface area contributed by atoms with E-state index in [2.05, 4.69) is 31.3 Å². The number of carbonyl (C=O) groups is 2. The molecule has 2 unspecified atom stereocenters. The fourth-order valence-electron chi connectivity index (χ4n) is 9.87. The van der Waals surface area contributed by atoms with Crippen molar-refractivity contribution in [2.24, 2.45) is 0 Å². The van der Waals surface area contributed by atoms with Crippen molar-refractivity contribution in [2.45, 2.75) is 360 Å². The van der Waals surface area contributed by atoms with E-state index >= 15 is 0 Å². The number of ether oxygens (including phenoxy) is 1. The lowest BCUT2D eigenvalue weighted by atomic mass is 10.0. The van der Waals surface area contributed by atoms with Crippen molar-refractivity contribution in [2.75, 3.05) is 13.2 Å². The van der Waals surface area contributed by atoms with Crippen LogP contribution in [0.3, 0.4) is 0 Å². The van der Waals surface area contributed by atoms with E-state index in [1.165, 1.54) is 276 Å². The second kappa shape index (κ2) is 59.9. The summed E-state index contributed by atoms with van der Waals surface area (Å²) in [6.07, 6.45) is 73.7. The van der Waals surface area contributed by atoms with Gasteiger partial charge in [-0.15, -0.1) is 0 Å². The van der Waals surface area contributed by atoms with Crippen LogP contribution in [-0.4, -0.2) is 47.4 Å². The van der Waals surface area contributed by atoms with Gasteiger partial charge in [-0.25, -0.2) is 0 Å². The van der Waals surface area contributed by atoms with E-state index in [0.29, 0.717) is 19.4 Å². The van der Waals surface area contributed by atoms with E-state index < -0.39 is 12.1 Å². The number of esters is 1. The number of amides is 1. The monoisotopic (exact) mass is 986 g/mol. The van der Waals surface area contributed by atoms with E-state index in [1.54, 1.807) is 6.08 Å². The third kappa shape index (κ3) is 55.7. The number of aliphatic hydroxyl groups excluding tert-OH is 2. The van der Waals surface area contributed by atoms with Crippen molar-refractivity contribution in [3.05, 3.63) is 24.3 Å². The first-order chi connectivity index (χ1) is 34.5. The fraction of sp³-hybridized carbons (Fsp3) is 0.906. The minimum absolute atomic E-state index is 0.0119. The number of aliphatic hydroxyl groups is 2. The molecule has 0 saturated carbocycles. The Morgan fingerprint density at radius 1 is 0.386 bits per heavy atom. The highest BCUT2D eigenvalue weighted by Crippen LogP contribution is 2.18. The number of carbonyl (C=O) groups excluding carboxylic acids is 2. The minimum Gasteiger partial charge on any atom is -0.466 e. The van der Waals surface area contributed by atoms with Crippen LogP contribution < -0.4 is 5.32 Å². The fourth-order valence-corrected chi connectivity index (χ4v) is 9.87. The van der Waals surface area contributed by atoms with E-state index in [-0.39, 0.29) is 18.5 Å². The lowest BCUT2D eigenvalue weighted by Crippen LogP contribution is -2.45. The molecular weight excluding hydrogens is 863 g/mol. The summed E-state index contributed by atoms with van der Waals surface area (Å²) in [6, 6.07) is -0.625. The SMILES string of the molecule is CCCCCCCC/C=C\CCCCCCCCCC(=O)OCCCCCCCCCCCCCCCCCCCCCCCCCCC(=O)NC(CO)C(O)/C=C/CCCCCCCCCCCC. The van der Waals surface area contributed by atoms with Crippen molar-refractivity contribution in [1.82, 2.24) is 5.32 Å². The summed E-state index contributed by atoms with van der Waals surface area (Å²) in [4.78, 5) is 24.5. The number of unbranched alkanes of at least 4 members (excludes halogenated alkanes) is 46. The Balaban J connectivity index is 3.36. The predicted molar refractivity (Wildman–Crippen MR) is 306 cm³/mol. The maximum atomic E-state index is 12.4. The third-order valence-electron chi connectivity index (χ3n) is 14.7. The molecule has 0 spiro atoms. The average molecular weight is 987 g/mol. The summed E-state index contributed by atoms with van der Waals surface area (Å²) in [5.41, 5.74) is 0. The van der Waals surface area contributed by atoms with Crippen molar-refractivity contribution in [3.63, 3.8) is 0 Å². The highest BCUT2D eigenvalue weighted by atomic mass is 16.5. The Morgan fingerprint density at radius 3 is 1.01 bits per heavy atom. The smallest absolute Gasteiger partial charge is 0.305 e. The Morgan fingerprint density at radius 2 is 0.671 bits per heavy atom. The number of rotatable bonds is 59. The molecule has 3 N–H and O–H groups in total. The first kappa shape index (κ1) is 68.3. The van der Waals surface area contributed by atoms with Gasteiger partial charge in [0.1, 0.15) is 0 Å². The number of hydrogen-bond donors (Lipinski definition) is 3. The van der Waals surface area contributed by atoms with Crippen LogP contribution >= 0.6 is 0 Å². The summed E-state index contributed by atoms with van der Waals surface area (Å²) in [5.74, 6) is -0.0545. The Hall–Kier alpha value is -1.66. The topological polar surface area (TPSA) is 95.9 Å². The quantitative estimate of drug-likeness (QED) is 0.0321. The zero-order chi connectivity index (χ0) is 50.7. The molecule has 0 rings (SSSR count). The molecule has 6 heteroatoms. The molecule has 414 valence electrons. The second-order valence-corrected chi connectivity index (χ2v) is 21.7. The highest BCUT2D eigenvalue weighted by molar-refractivity contribution is 5.76. The van der Waals surface area contributed by atoms with Crippen LogP contribution in [0, 0.1) is 0 Å². The van der Waals surface area contributed by atoms with Gasteiger partial charge in [-0.1, -0.05) is 301 Å². The minimum atomic E-state index is -0.842. The summed E-state index contributed by atoms with van der Waals surface area (Å²) in [6.45, 7) is 4.91. The molecule has 0 aromatic carbocycles. The Labute approximate surface area is 437 Å². The van der Waals surface area contributed by atoms with Gasteiger partial charge in [-0.05, 0) is 57.8 Å². The Kier molecular flexibility index (Phi) is 58.5. The van der Waals surface area contributed by atoms with Gasteiger partial charge in [-0.2, -0.15) is 0 Å². The van der Waals surface area contributed by atoms with Gasteiger partial charge < -0.3 is 20.3 Å². The molecule has 2 atom stereocenters. The van der Waals surface area contributed by atoms with Gasteiger partial charge in [0.05, 0.1) is 25.4 Å². The first-order valence-electron chi connectivity index (χ1n) is 31.6. The molecule has 6 nitrogen and oxygen atoms in total.